The molecule has 0 spiro atoms. The van der Waals surface area contributed by atoms with Crippen LogP contribution >= 0.6 is 0 Å². The van der Waals surface area contributed by atoms with Crippen LogP contribution in [0.15, 0.2) is 145 Å². The zero-order chi connectivity index (χ0) is 20.9. The van der Waals surface area contributed by atoms with Gasteiger partial charge in [-0.05, 0) is 33.1 Å². The normalized spacial score (nSPS) is 15.6. The summed E-state index contributed by atoms with van der Waals surface area (Å²) in [6.07, 6.45) is 8.33. The summed E-state index contributed by atoms with van der Waals surface area (Å²) in [5.41, 5.74) is 3.15. The average Bonchev–Trinajstić information content (AvgIpc) is 3.31. The quantitative estimate of drug-likeness (QED) is 0.298. The van der Waals surface area contributed by atoms with Crippen LogP contribution in [0.5, 0.6) is 0 Å². The van der Waals surface area contributed by atoms with Crippen LogP contribution in [-0.4, -0.2) is 8.07 Å². The summed E-state index contributed by atoms with van der Waals surface area (Å²) in [7, 11) is -2.31. The SMILES string of the molecule is C1=CC([Si](c2ccccc2)(c2ccccc2)c2ccccc2)C=C1Cc1ccccc1. The molecule has 0 N–H and O–H groups in total. The molecule has 0 bridgehead atoms. The Balaban J connectivity index is 1.69. The molecule has 0 saturated heterocycles. The lowest BCUT2D eigenvalue weighted by Gasteiger charge is -2.37. The molecular weight excluding hydrogens is 388 g/mol. The van der Waals surface area contributed by atoms with E-state index in [0.717, 1.165) is 6.42 Å². The molecule has 0 radical (unpaired) electrons. The predicted molar refractivity (Wildman–Crippen MR) is 135 cm³/mol. The fourth-order valence-corrected chi connectivity index (χ4v) is 10.1. The van der Waals surface area contributed by atoms with Crippen molar-refractivity contribution in [2.75, 3.05) is 0 Å². The second kappa shape index (κ2) is 8.75. The van der Waals surface area contributed by atoms with Gasteiger partial charge in [0, 0.05) is 5.54 Å². The standard InChI is InChI=1S/C30H26Si/c1-5-13-25(14-6-1)23-26-21-22-30(24-26)31(27-15-7-2-8-16-27,28-17-9-3-10-18-28)29-19-11-4-12-20-29/h1-22,24,30H,23H2. The molecule has 1 heteroatoms. The molecule has 1 aliphatic rings. The Morgan fingerprint density at radius 1 is 0.516 bits per heavy atom. The summed E-state index contributed by atoms with van der Waals surface area (Å²) in [6, 6.07) is 44.3. The van der Waals surface area contributed by atoms with Gasteiger partial charge in [0.15, 0.2) is 8.07 Å². The minimum atomic E-state index is -2.31. The first-order valence-corrected chi connectivity index (χ1v) is 13.0. The van der Waals surface area contributed by atoms with Crippen molar-refractivity contribution < 1.29 is 0 Å². The van der Waals surface area contributed by atoms with E-state index in [4.69, 9.17) is 0 Å². The van der Waals surface area contributed by atoms with E-state index in [1.54, 1.807) is 0 Å². The molecule has 0 amide bonds. The van der Waals surface area contributed by atoms with Crippen LogP contribution in [0.4, 0.5) is 0 Å². The van der Waals surface area contributed by atoms with Gasteiger partial charge < -0.3 is 0 Å². The highest BCUT2D eigenvalue weighted by molar-refractivity contribution is 7.13. The second-order valence-electron chi connectivity index (χ2n) is 8.19. The van der Waals surface area contributed by atoms with E-state index in [9.17, 15) is 0 Å². The largest absolute Gasteiger partial charge is 0.158 e. The van der Waals surface area contributed by atoms with Crippen LogP contribution in [0, 0.1) is 0 Å². The fourth-order valence-electron chi connectivity index (χ4n) is 4.97. The molecule has 0 saturated carbocycles. The molecule has 1 atom stereocenters. The maximum absolute atomic E-state index is 2.53. The van der Waals surface area contributed by atoms with Crippen molar-refractivity contribution in [1.29, 1.82) is 0 Å². The molecule has 0 aliphatic heterocycles. The van der Waals surface area contributed by atoms with Crippen molar-refractivity contribution >= 4 is 23.6 Å². The molecule has 31 heavy (non-hydrogen) atoms. The first kappa shape index (κ1) is 19.5. The first-order chi connectivity index (χ1) is 15.4. The Morgan fingerprint density at radius 2 is 0.935 bits per heavy atom. The lowest BCUT2D eigenvalue weighted by atomic mass is 10.1. The Bertz CT molecular complexity index is 1080. The van der Waals surface area contributed by atoms with E-state index < -0.39 is 8.07 Å². The number of allylic oxidation sites excluding steroid dienone is 4. The number of benzene rings is 4. The van der Waals surface area contributed by atoms with Gasteiger partial charge in [0.25, 0.3) is 0 Å². The third-order valence-electron chi connectivity index (χ3n) is 6.35. The van der Waals surface area contributed by atoms with Crippen molar-refractivity contribution in [2.45, 2.75) is 12.0 Å². The first-order valence-electron chi connectivity index (χ1n) is 11.0. The van der Waals surface area contributed by atoms with Gasteiger partial charge in [-0.3, -0.25) is 0 Å². The third-order valence-corrected chi connectivity index (χ3v) is 11.4. The summed E-state index contributed by atoms with van der Waals surface area (Å²) in [6.45, 7) is 0. The van der Waals surface area contributed by atoms with Crippen molar-refractivity contribution in [3.63, 3.8) is 0 Å². The van der Waals surface area contributed by atoms with E-state index in [2.05, 4.69) is 140 Å². The molecule has 5 rings (SSSR count). The number of hydrogen-bond donors (Lipinski definition) is 0. The summed E-state index contributed by atoms with van der Waals surface area (Å²) >= 11 is 0. The molecule has 0 fully saturated rings. The molecule has 150 valence electrons. The second-order valence-corrected chi connectivity index (χ2v) is 12.2. The van der Waals surface area contributed by atoms with Gasteiger partial charge in [-0.1, -0.05) is 140 Å². The van der Waals surface area contributed by atoms with Crippen LogP contribution in [0.3, 0.4) is 0 Å². The summed E-state index contributed by atoms with van der Waals surface area (Å²) in [4.78, 5) is 0. The fraction of sp³-hybridized carbons (Fsp3) is 0.0667. The molecular formula is C30H26Si. The highest BCUT2D eigenvalue weighted by Crippen LogP contribution is 2.32. The van der Waals surface area contributed by atoms with Gasteiger partial charge in [0.05, 0.1) is 0 Å². The number of hydrogen-bond acceptors (Lipinski definition) is 0. The van der Waals surface area contributed by atoms with Crippen molar-refractivity contribution in [1.82, 2.24) is 0 Å². The summed E-state index contributed by atoms with van der Waals surface area (Å²) in [5, 5.41) is 4.37. The van der Waals surface area contributed by atoms with Gasteiger partial charge in [-0.25, -0.2) is 0 Å². The monoisotopic (exact) mass is 414 g/mol. The smallest absolute Gasteiger partial charge is 0.0790 e. The highest BCUT2D eigenvalue weighted by atomic mass is 28.3. The Labute approximate surface area is 186 Å². The van der Waals surface area contributed by atoms with E-state index in [1.807, 2.05) is 0 Å². The van der Waals surface area contributed by atoms with Gasteiger partial charge in [-0.2, -0.15) is 0 Å². The zero-order valence-electron chi connectivity index (χ0n) is 17.6. The van der Waals surface area contributed by atoms with E-state index in [1.165, 1.54) is 26.7 Å². The van der Waals surface area contributed by atoms with Crippen LogP contribution in [-0.2, 0) is 6.42 Å². The molecule has 0 nitrogen and oxygen atoms in total. The predicted octanol–water partition coefficient (Wildman–Crippen LogP) is 5.27. The average molecular weight is 415 g/mol. The Hall–Kier alpha value is -3.42. The van der Waals surface area contributed by atoms with Crippen LogP contribution < -0.4 is 15.6 Å². The molecule has 4 aromatic rings. The van der Waals surface area contributed by atoms with Gasteiger partial charge >= 0.3 is 0 Å². The lowest BCUT2D eigenvalue weighted by molar-refractivity contribution is 1.19. The summed E-state index contributed by atoms with van der Waals surface area (Å²) in [5.74, 6) is 0. The zero-order valence-corrected chi connectivity index (χ0v) is 18.6. The van der Waals surface area contributed by atoms with Gasteiger partial charge in [0.2, 0.25) is 0 Å². The van der Waals surface area contributed by atoms with E-state index in [0.29, 0.717) is 5.54 Å². The van der Waals surface area contributed by atoms with Crippen LogP contribution in [0.1, 0.15) is 5.56 Å². The molecule has 1 unspecified atom stereocenters. The molecule has 0 heterocycles. The van der Waals surface area contributed by atoms with E-state index in [-0.39, 0.29) is 0 Å². The maximum Gasteiger partial charge on any atom is 0.158 e. The maximum atomic E-state index is 2.53. The molecule has 0 aromatic heterocycles. The van der Waals surface area contributed by atoms with Crippen molar-refractivity contribution in [3.8, 4) is 0 Å². The lowest BCUT2D eigenvalue weighted by Crippen LogP contribution is -2.69. The van der Waals surface area contributed by atoms with Crippen molar-refractivity contribution in [3.05, 3.63) is 151 Å². The minimum Gasteiger partial charge on any atom is -0.0790 e. The van der Waals surface area contributed by atoms with Crippen LogP contribution in [0.25, 0.3) is 0 Å². The minimum absolute atomic E-state index is 0.374. The Morgan fingerprint density at radius 3 is 1.39 bits per heavy atom. The molecule has 1 aliphatic carbocycles. The number of rotatable bonds is 6. The Kier molecular flexibility index (Phi) is 5.51. The van der Waals surface area contributed by atoms with Crippen molar-refractivity contribution in [2.24, 2.45) is 0 Å². The molecule has 4 aromatic carbocycles. The third kappa shape index (κ3) is 3.73. The van der Waals surface area contributed by atoms with Crippen LogP contribution in [0.2, 0.25) is 5.54 Å². The van der Waals surface area contributed by atoms with E-state index >= 15 is 0 Å². The topological polar surface area (TPSA) is 0 Å². The summed E-state index contributed by atoms with van der Waals surface area (Å²) < 4.78 is 0. The highest BCUT2D eigenvalue weighted by Gasteiger charge is 2.45. The van der Waals surface area contributed by atoms with Gasteiger partial charge in [-0.15, -0.1) is 0 Å². The van der Waals surface area contributed by atoms with Gasteiger partial charge in [0.1, 0.15) is 0 Å².